The van der Waals surface area contributed by atoms with Gasteiger partial charge in [-0.15, -0.1) is 11.3 Å². The summed E-state index contributed by atoms with van der Waals surface area (Å²) in [6.07, 6.45) is 4.47. The summed E-state index contributed by atoms with van der Waals surface area (Å²) in [5, 5.41) is 3.33. The summed E-state index contributed by atoms with van der Waals surface area (Å²) in [6.45, 7) is 5.91. The number of rotatable bonds is 3. The molecule has 0 unspecified atom stereocenters. The smallest absolute Gasteiger partial charge is 0.167 e. The third-order valence-corrected chi connectivity index (χ3v) is 7.42. The second-order valence-corrected chi connectivity index (χ2v) is 9.28. The minimum Gasteiger partial charge on any atom is -0.493 e. The van der Waals surface area contributed by atoms with Crippen molar-refractivity contribution in [2.75, 3.05) is 26.8 Å². The highest BCUT2D eigenvalue weighted by Crippen LogP contribution is 2.55. The first-order valence-electron chi connectivity index (χ1n) is 10.3. The Kier molecular flexibility index (Phi) is 4.81. The van der Waals surface area contributed by atoms with Crippen molar-refractivity contribution >= 4 is 11.3 Å². The lowest BCUT2D eigenvalue weighted by atomic mass is 9.70. The van der Waals surface area contributed by atoms with E-state index in [2.05, 4.69) is 28.3 Å². The molecule has 28 heavy (non-hydrogen) atoms. The van der Waals surface area contributed by atoms with Crippen LogP contribution in [0.5, 0.6) is 11.5 Å². The van der Waals surface area contributed by atoms with E-state index < -0.39 is 0 Å². The van der Waals surface area contributed by atoms with E-state index in [1.54, 1.807) is 18.4 Å². The Hall–Kier alpha value is -1.63. The number of nitrogens with zero attached hydrogens (tertiary/aromatic N) is 2. The lowest BCUT2D eigenvalue weighted by molar-refractivity contribution is -0.150. The number of likely N-dealkylation sites (tertiary alicyclic amines) is 1. The van der Waals surface area contributed by atoms with Crippen molar-refractivity contribution in [2.45, 2.75) is 50.9 Å². The number of ether oxygens (including phenoxy) is 3. The standard InChI is InChI=1S/C22H28N2O3S/c1-15-23-16(14-28-15)13-24-10-8-22(9-11-24)18-6-4-12-26-20(18)17-5-3-7-19(25-2)21(17)27-22/h3,5,7,14,18,20H,4,6,8-13H2,1-2H3/t18-,20+/m1/s1. The van der Waals surface area contributed by atoms with Gasteiger partial charge in [-0.3, -0.25) is 4.90 Å². The van der Waals surface area contributed by atoms with E-state index in [1.807, 2.05) is 12.1 Å². The molecule has 1 aromatic carbocycles. The second-order valence-electron chi connectivity index (χ2n) is 8.22. The fourth-order valence-corrected chi connectivity index (χ4v) is 5.81. The molecule has 4 heterocycles. The van der Waals surface area contributed by atoms with Crippen molar-refractivity contribution in [2.24, 2.45) is 5.92 Å². The van der Waals surface area contributed by atoms with Crippen LogP contribution >= 0.6 is 11.3 Å². The zero-order valence-corrected chi connectivity index (χ0v) is 17.5. The van der Waals surface area contributed by atoms with Gasteiger partial charge in [0.2, 0.25) is 0 Å². The lowest BCUT2D eigenvalue weighted by Crippen LogP contribution is -2.57. The first kappa shape index (κ1) is 18.4. The van der Waals surface area contributed by atoms with Crippen molar-refractivity contribution in [3.05, 3.63) is 39.8 Å². The first-order chi connectivity index (χ1) is 13.7. The minimum absolute atomic E-state index is 0.125. The Bertz CT molecular complexity index is 844. The zero-order chi connectivity index (χ0) is 19.1. The van der Waals surface area contributed by atoms with Crippen LogP contribution in [0.2, 0.25) is 0 Å². The normalized spacial score (nSPS) is 26.4. The van der Waals surface area contributed by atoms with Crippen molar-refractivity contribution in [3.63, 3.8) is 0 Å². The van der Waals surface area contributed by atoms with Crippen LogP contribution < -0.4 is 9.47 Å². The molecule has 2 fully saturated rings. The molecule has 1 aromatic heterocycles. The maximum atomic E-state index is 6.81. The molecule has 2 saturated heterocycles. The van der Waals surface area contributed by atoms with E-state index in [9.17, 15) is 0 Å². The molecule has 0 bridgehead atoms. The predicted octanol–water partition coefficient (Wildman–Crippen LogP) is 4.36. The molecular formula is C22H28N2O3S. The average molecular weight is 401 g/mol. The molecule has 0 aliphatic carbocycles. The number of aromatic nitrogens is 1. The highest BCUT2D eigenvalue weighted by molar-refractivity contribution is 7.09. The van der Waals surface area contributed by atoms with Crippen molar-refractivity contribution in [1.29, 1.82) is 0 Å². The number of fused-ring (bicyclic) bond motifs is 4. The van der Waals surface area contributed by atoms with Crippen LogP contribution in [0.25, 0.3) is 0 Å². The van der Waals surface area contributed by atoms with E-state index in [-0.39, 0.29) is 11.7 Å². The van der Waals surface area contributed by atoms with Crippen LogP contribution in [0.1, 0.15) is 48.1 Å². The summed E-state index contributed by atoms with van der Waals surface area (Å²) < 4.78 is 18.7. The van der Waals surface area contributed by atoms with Gasteiger partial charge in [0.15, 0.2) is 11.5 Å². The average Bonchev–Trinajstić information content (AvgIpc) is 3.14. The van der Waals surface area contributed by atoms with E-state index in [4.69, 9.17) is 14.2 Å². The van der Waals surface area contributed by atoms with E-state index >= 15 is 0 Å². The van der Waals surface area contributed by atoms with E-state index in [0.29, 0.717) is 5.92 Å². The van der Waals surface area contributed by atoms with Crippen LogP contribution in [0.3, 0.4) is 0 Å². The molecule has 1 spiro atoms. The molecule has 5 rings (SSSR count). The molecule has 3 aliphatic rings. The van der Waals surface area contributed by atoms with E-state index in [0.717, 1.165) is 67.6 Å². The monoisotopic (exact) mass is 400 g/mol. The van der Waals surface area contributed by atoms with Crippen LogP contribution in [0.4, 0.5) is 0 Å². The minimum atomic E-state index is -0.152. The molecule has 150 valence electrons. The van der Waals surface area contributed by atoms with Gasteiger partial charge in [0.25, 0.3) is 0 Å². The predicted molar refractivity (Wildman–Crippen MR) is 109 cm³/mol. The molecule has 6 heteroatoms. The summed E-state index contributed by atoms with van der Waals surface area (Å²) in [4.78, 5) is 7.15. The second kappa shape index (κ2) is 7.32. The highest BCUT2D eigenvalue weighted by atomic mass is 32.1. The van der Waals surface area contributed by atoms with Gasteiger partial charge in [-0.2, -0.15) is 0 Å². The first-order valence-corrected chi connectivity index (χ1v) is 11.2. The maximum absolute atomic E-state index is 6.81. The molecular weight excluding hydrogens is 372 g/mol. The highest BCUT2D eigenvalue weighted by Gasteiger charge is 2.53. The number of para-hydroxylation sites is 1. The number of piperidine rings is 1. The number of hydrogen-bond donors (Lipinski definition) is 0. The fourth-order valence-electron chi connectivity index (χ4n) is 5.20. The molecule has 5 nitrogen and oxygen atoms in total. The largest absolute Gasteiger partial charge is 0.493 e. The molecule has 2 aromatic rings. The summed E-state index contributed by atoms with van der Waals surface area (Å²) in [6, 6.07) is 6.19. The van der Waals surface area contributed by atoms with Gasteiger partial charge in [0.1, 0.15) is 5.60 Å². The number of thiazole rings is 1. The van der Waals surface area contributed by atoms with Gasteiger partial charge >= 0.3 is 0 Å². The molecule has 0 radical (unpaired) electrons. The summed E-state index contributed by atoms with van der Waals surface area (Å²) in [7, 11) is 1.72. The van der Waals surface area contributed by atoms with Gasteiger partial charge in [-0.1, -0.05) is 12.1 Å². The molecule has 0 saturated carbocycles. The Morgan fingerprint density at radius 1 is 1.32 bits per heavy atom. The Labute approximate surface area is 170 Å². The Morgan fingerprint density at radius 3 is 2.93 bits per heavy atom. The number of hydrogen-bond acceptors (Lipinski definition) is 6. The van der Waals surface area contributed by atoms with Gasteiger partial charge < -0.3 is 14.2 Å². The maximum Gasteiger partial charge on any atom is 0.167 e. The van der Waals surface area contributed by atoms with Crippen LogP contribution in [-0.4, -0.2) is 42.3 Å². The summed E-state index contributed by atoms with van der Waals surface area (Å²) >= 11 is 1.73. The number of aryl methyl sites for hydroxylation is 1. The third kappa shape index (κ3) is 3.11. The van der Waals surface area contributed by atoms with Crippen molar-refractivity contribution in [3.8, 4) is 11.5 Å². The fraction of sp³-hybridized carbons (Fsp3) is 0.591. The van der Waals surface area contributed by atoms with Gasteiger partial charge in [-0.25, -0.2) is 4.98 Å². The van der Waals surface area contributed by atoms with Crippen LogP contribution in [0.15, 0.2) is 23.6 Å². The summed E-state index contributed by atoms with van der Waals surface area (Å²) in [5.41, 5.74) is 2.20. The van der Waals surface area contributed by atoms with Crippen molar-refractivity contribution in [1.82, 2.24) is 9.88 Å². The molecule has 0 N–H and O–H groups in total. The number of benzene rings is 1. The van der Waals surface area contributed by atoms with Gasteiger partial charge in [-0.05, 0) is 25.8 Å². The van der Waals surface area contributed by atoms with Crippen LogP contribution in [-0.2, 0) is 11.3 Å². The zero-order valence-electron chi connectivity index (χ0n) is 16.6. The molecule has 2 atom stereocenters. The third-order valence-electron chi connectivity index (χ3n) is 6.59. The molecule has 0 amide bonds. The van der Waals surface area contributed by atoms with Gasteiger partial charge in [0.05, 0.1) is 23.9 Å². The van der Waals surface area contributed by atoms with Crippen LogP contribution in [0, 0.1) is 12.8 Å². The SMILES string of the molecule is COc1cccc2c1OC1(CCN(Cc3csc(C)n3)CC1)[C@@H]1CCCO[C@@H]21. The lowest BCUT2D eigenvalue weighted by Gasteiger charge is -2.53. The Morgan fingerprint density at radius 2 is 2.18 bits per heavy atom. The quantitative estimate of drug-likeness (QED) is 0.766. The summed E-state index contributed by atoms with van der Waals surface area (Å²) in [5.74, 6) is 2.14. The van der Waals surface area contributed by atoms with Crippen molar-refractivity contribution < 1.29 is 14.2 Å². The number of methoxy groups -OCH3 is 1. The van der Waals surface area contributed by atoms with E-state index in [1.165, 1.54) is 12.1 Å². The topological polar surface area (TPSA) is 43.8 Å². The Balaban J connectivity index is 1.40. The van der Waals surface area contributed by atoms with Gasteiger partial charge in [0, 0.05) is 55.9 Å². The molecule has 3 aliphatic heterocycles.